The van der Waals surface area contributed by atoms with Gasteiger partial charge in [0.2, 0.25) is 0 Å². The molecule has 1 fully saturated rings. The lowest BCUT2D eigenvalue weighted by Gasteiger charge is -2.46. The van der Waals surface area contributed by atoms with E-state index in [1.54, 1.807) is 14.2 Å². The molecule has 2 aromatic rings. The van der Waals surface area contributed by atoms with E-state index in [1.807, 2.05) is 42.5 Å². The minimum atomic E-state index is -1.31. The van der Waals surface area contributed by atoms with Gasteiger partial charge < -0.3 is 38.9 Å². The topological polar surface area (TPSA) is 101 Å². The van der Waals surface area contributed by atoms with Crippen LogP contribution in [0.5, 0.6) is 11.5 Å². The van der Waals surface area contributed by atoms with Crippen LogP contribution in [0.4, 0.5) is 10.5 Å². The van der Waals surface area contributed by atoms with Gasteiger partial charge in [-0.05, 0) is 23.8 Å². The van der Waals surface area contributed by atoms with Gasteiger partial charge in [-0.3, -0.25) is 4.48 Å². The van der Waals surface area contributed by atoms with Crippen molar-refractivity contribution in [1.29, 1.82) is 0 Å². The Labute approximate surface area is 206 Å². The molecule has 9 nitrogen and oxygen atoms in total. The standard InChI is InChI=1S/C26H34N2O7/c1-32-14-5-12-28(13-15-34-23-7-4-3-6-21(23)28)18-35-24-17-27(26(30)31)16-22(29)25(24)19-8-10-20(33-2)11-9-19/h3-4,6-11,22,24-25,29H,5,12-18H2,1-2H3/t22-,24+,25+,28?/m1/s1. The summed E-state index contributed by atoms with van der Waals surface area (Å²) in [6, 6.07) is 15.4. The molecule has 0 saturated carbocycles. The monoisotopic (exact) mass is 486 g/mol. The Kier molecular flexibility index (Phi) is 8.12. The summed E-state index contributed by atoms with van der Waals surface area (Å²) in [7, 11) is 3.28. The first-order chi connectivity index (χ1) is 17.0. The van der Waals surface area contributed by atoms with E-state index in [-0.39, 0.29) is 13.1 Å². The van der Waals surface area contributed by atoms with Gasteiger partial charge in [0.25, 0.3) is 0 Å². The van der Waals surface area contributed by atoms with Crippen LogP contribution in [0, 0.1) is 0 Å². The fourth-order valence-electron chi connectivity index (χ4n) is 5.16. The van der Waals surface area contributed by atoms with Crippen molar-refractivity contribution >= 4 is 11.8 Å². The Bertz CT molecular complexity index is 986. The molecule has 2 aromatic carbocycles. The summed E-state index contributed by atoms with van der Waals surface area (Å²) in [5, 5.41) is 22.7. The van der Waals surface area contributed by atoms with E-state index in [2.05, 4.69) is 6.07 Å². The third kappa shape index (κ3) is 5.54. The van der Waals surface area contributed by atoms with Gasteiger partial charge in [0, 0.05) is 38.6 Å². The Balaban J connectivity index is 1.62. The molecule has 4 rings (SSSR count). The van der Waals surface area contributed by atoms with Crippen molar-refractivity contribution < 1.29 is 34.0 Å². The molecule has 2 aliphatic heterocycles. The summed E-state index contributed by atoms with van der Waals surface area (Å²) in [4.78, 5) is 12.8. The third-order valence-corrected chi connectivity index (χ3v) is 7.01. The molecular weight excluding hydrogens is 452 g/mol. The van der Waals surface area contributed by atoms with Crippen molar-refractivity contribution in [2.75, 3.05) is 60.3 Å². The molecular formula is C26H34N2O7. The molecule has 0 aliphatic carbocycles. The number of ether oxygens (including phenoxy) is 4. The van der Waals surface area contributed by atoms with Crippen molar-refractivity contribution in [3.8, 4) is 11.5 Å². The Morgan fingerprint density at radius 2 is 1.94 bits per heavy atom. The van der Waals surface area contributed by atoms with Gasteiger partial charge in [-0.25, -0.2) is 0 Å². The molecule has 2 heterocycles. The molecule has 0 bridgehead atoms. The highest BCUT2D eigenvalue weighted by atomic mass is 16.5. The Morgan fingerprint density at radius 1 is 1.17 bits per heavy atom. The van der Waals surface area contributed by atoms with Gasteiger partial charge in [0.15, 0.2) is 18.2 Å². The van der Waals surface area contributed by atoms with Crippen molar-refractivity contribution in [3.63, 3.8) is 0 Å². The van der Waals surface area contributed by atoms with Crippen LogP contribution in [0.3, 0.4) is 0 Å². The van der Waals surface area contributed by atoms with Crippen LogP contribution in [-0.4, -0.2) is 88.7 Å². The third-order valence-electron chi connectivity index (χ3n) is 7.01. The fourth-order valence-corrected chi connectivity index (χ4v) is 5.16. The molecule has 9 heteroatoms. The summed E-state index contributed by atoms with van der Waals surface area (Å²) in [5.41, 5.74) is 1.90. The minimum Gasteiger partial charge on any atom is -0.530 e. The normalized spacial score (nSPS) is 26.0. The highest BCUT2D eigenvalue weighted by Gasteiger charge is 2.42. The van der Waals surface area contributed by atoms with Crippen LogP contribution in [0.2, 0.25) is 0 Å². The zero-order valence-corrected chi connectivity index (χ0v) is 20.3. The van der Waals surface area contributed by atoms with Crippen LogP contribution >= 0.6 is 0 Å². The number of amides is 1. The van der Waals surface area contributed by atoms with Gasteiger partial charge >= 0.3 is 0 Å². The maximum Gasteiger partial charge on any atom is 0.188 e. The molecule has 35 heavy (non-hydrogen) atoms. The van der Waals surface area contributed by atoms with Gasteiger partial charge in [-0.2, -0.15) is 0 Å². The zero-order chi connectivity index (χ0) is 24.8. The molecule has 0 spiro atoms. The van der Waals surface area contributed by atoms with Gasteiger partial charge in [-0.1, -0.05) is 24.3 Å². The second-order valence-corrected chi connectivity index (χ2v) is 9.13. The molecule has 1 amide bonds. The average Bonchev–Trinajstić information content (AvgIpc) is 2.87. The van der Waals surface area contributed by atoms with Crippen LogP contribution in [-0.2, 0) is 9.47 Å². The van der Waals surface area contributed by atoms with Crippen molar-refractivity contribution in [3.05, 3.63) is 54.1 Å². The predicted molar refractivity (Wildman–Crippen MR) is 128 cm³/mol. The van der Waals surface area contributed by atoms with Crippen molar-refractivity contribution in [2.24, 2.45) is 0 Å². The number of hydrogen-bond acceptors (Lipinski definition) is 7. The Hall–Kier alpha value is -2.85. The van der Waals surface area contributed by atoms with Crippen molar-refractivity contribution in [2.45, 2.75) is 24.5 Å². The molecule has 1 unspecified atom stereocenters. The lowest BCUT2D eigenvalue weighted by atomic mass is 9.84. The SMILES string of the molecule is COCCC[N+]1(CO[C@H]2CN(C(=O)[O-])C[C@@H](O)[C@@H]2c2ccc(OC)cc2)CCOc2ccccc21. The zero-order valence-electron chi connectivity index (χ0n) is 20.3. The molecule has 4 atom stereocenters. The van der Waals surface area contributed by atoms with E-state index in [0.29, 0.717) is 36.7 Å². The van der Waals surface area contributed by atoms with Crippen LogP contribution in [0.1, 0.15) is 17.9 Å². The van der Waals surface area contributed by atoms with E-state index in [0.717, 1.165) is 34.9 Å². The second kappa shape index (κ2) is 11.3. The first kappa shape index (κ1) is 25.2. The summed E-state index contributed by atoms with van der Waals surface area (Å²) in [6.07, 6.45) is -1.97. The number of rotatable bonds is 9. The number of carbonyl (C=O) groups excluding carboxylic acids is 1. The molecule has 1 saturated heterocycles. The van der Waals surface area contributed by atoms with Crippen molar-refractivity contribution in [1.82, 2.24) is 9.38 Å². The number of nitrogens with zero attached hydrogens (tertiary/aromatic N) is 2. The fraction of sp³-hybridized carbons (Fsp3) is 0.500. The highest BCUT2D eigenvalue weighted by molar-refractivity contribution is 5.63. The smallest absolute Gasteiger partial charge is 0.188 e. The number of likely N-dealkylation sites (tertiary alicyclic amines) is 1. The average molecular weight is 487 g/mol. The molecule has 190 valence electrons. The lowest BCUT2D eigenvalue weighted by molar-refractivity contribution is -0.271. The van der Waals surface area contributed by atoms with E-state index in [9.17, 15) is 15.0 Å². The molecule has 0 aromatic heterocycles. The quantitative estimate of drug-likeness (QED) is 0.424. The lowest BCUT2D eigenvalue weighted by Crippen LogP contribution is -2.60. The molecule has 1 N–H and O–H groups in total. The number of aliphatic hydroxyl groups is 1. The maximum atomic E-state index is 11.7. The predicted octanol–water partition coefficient (Wildman–Crippen LogP) is 1.58. The molecule has 0 radical (unpaired) electrons. The number of hydrogen-bond donors (Lipinski definition) is 1. The first-order valence-electron chi connectivity index (χ1n) is 11.9. The summed E-state index contributed by atoms with van der Waals surface area (Å²) in [6.45, 7) is 3.07. The number of β-amino-alcohol motifs (C(OH)–C–C–N with tert-alkyl or cyclic N) is 1. The summed E-state index contributed by atoms with van der Waals surface area (Å²) in [5.74, 6) is 1.14. The van der Waals surface area contributed by atoms with E-state index < -0.39 is 24.2 Å². The largest absolute Gasteiger partial charge is 0.530 e. The number of para-hydroxylation sites is 2. The maximum absolute atomic E-state index is 11.7. The van der Waals surface area contributed by atoms with Crippen LogP contribution in [0.25, 0.3) is 0 Å². The highest BCUT2D eigenvalue weighted by Crippen LogP contribution is 2.38. The molecule has 2 aliphatic rings. The number of piperidine rings is 1. The summed E-state index contributed by atoms with van der Waals surface area (Å²) < 4.78 is 23.6. The van der Waals surface area contributed by atoms with Gasteiger partial charge in [0.05, 0.1) is 32.5 Å². The Morgan fingerprint density at radius 3 is 2.66 bits per heavy atom. The number of methoxy groups -OCH3 is 2. The number of benzene rings is 2. The number of fused-ring (bicyclic) bond motifs is 1. The number of carbonyl (C=O) groups is 1. The number of quaternary nitrogens is 1. The number of aliphatic hydroxyl groups excluding tert-OH is 1. The summed E-state index contributed by atoms with van der Waals surface area (Å²) >= 11 is 0. The number of carboxylic acid groups (broad SMARTS) is 1. The first-order valence-corrected chi connectivity index (χ1v) is 11.9. The van der Waals surface area contributed by atoms with Gasteiger partial charge in [0.1, 0.15) is 25.0 Å². The van der Waals surface area contributed by atoms with Crippen LogP contribution < -0.4 is 19.1 Å². The van der Waals surface area contributed by atoms with E-state index in [1.165, 1.54) is 0 Å². The minimum absolute atomic E-state index is 0.0244. The van der Waals surface area contributed by atoms with Crippen LogP contribution in [0.15, 0.2) is 48.5 Å². The van der Waals surface area contributed by atoms with Gasteiger partial charge in [-0.15, -0.1) is 0 Å². The second-order valence-electron chi connectivity index (χ2n) is 9.13. The van der Waals surface area contributed by atoms with E-state index >= 15 is 0 Å². The van der Waals surface area contributed by atoms with E-state index in [4.69, 9.17) is 18.9 Å².